The van der Waals surface area contributed by atoms with Crippen LogP contribution in [0.1, 0.15) is 23.2 Å². The molecule has 1 aromatic carbocycles. The number of methoxy groups -OCH3 is 1. The molecule has 1 atom stereocenters. The standard InChI is InChI=1S/C18H20ClN3O2/c1-24-16-3-2-10-22(12-16)18(23)13-4-9-17(20-11-13)21-15-7-5-14(19)6-8-15/h4-9,11,16H,2-3,10,12H2,1H3,(H,20,21). The first-order valence-corrected chi connectivity index (χ1v) is 8.34. The van der Waals surface area contributed by atoms with Gasteiger partial charge in [0, 0.05) is 37.1 Å². The van der Waals surface area contributed by atoms with E-state index in [1.807, 2.05) is 29.2 Å². The molecule has 0 saturated carbocycles. The van der Waals surface area contributed by atoms with E-state index in [1.54, 1.807) is 25.4 Å². The number of hydrogen-bond acceptors (Lipinski definition) is 4. The molecule has 0 spiro atoms. The molecule has 3 rings (SSSR count). The fraction of sp³-hybridized carbons (Fsp3) is 0.333. The normalized spacial score (nSPS) is 17.6. The Labute approximate surface area is 146 Å². The third kappa shape index (κ3) is 4.04. The molecule has 0 bridgehead atoms. The Morgan fingerprint density at radius 3 is 2.75 bits per heavy atom. The van der Waals surface area contributed by atoms with Gasteiger partial charge in [-0.25, -0.2) is 4.98 Å². The molecule has 2 aromatic rings. The third-order valence-corrected chi connectivity index (χ3v) is 4.38. The van der Waals surface area contributed by atoms with Crippen LogP contribution in [-0.2, 0) is 4.74 Å². The van der Waals surface area contributed by atoms with Crippen molar-refractivity contribution < 1.29 is 9.53 Å². The molecule has 1 amide bonds. The van der Waals surface area contributed by atoms with Gasteiger partial charge < -0.3 is 15.0 Å². The van der Waals surface area contributed by atoms with Crippen LogP contribution in [0.5, 0.6) is 0 Å². The van der Waals surface area contributed by atoms with Gasteiger partial charge >= 0.3 is 0 Å². The van der Waals surface area contributed by atoms with Crippen molar-refractivity contribution in [3.63, 3.8) is 0 Å². The van der Waals surface area contributed by atoms with Crippen molar-refractivity contribution in [1.82, 2.24) is 9.88 Å². The molecular weight excluding hydrogens is 326 g/mol. The van der Waals surface area contributed by atoms with Gasteiger partial charge in [0.1, 0.15) is 5.82 Å². The number of nitrogens with one attached hydrogen (secondary N) is 1. The average molecular weight is 346 g/mol. The van der Waals surface area contributed by atoms with Crippen LogP contribution in [0.2, 0.25) is 5.02 Å². The van der Waals surface area contributed by atoms with E-state index in [1.165, 1.54) is 0 Å². The van der Waals surface area contributed by atoms with E-state index in [2.05, 4.69) is 10.3 Å². The highest BCUT2D eigenvalue weighted by molar-refractivity contribution is 6.30. The smallest absolute Gasteiger partial charge is 0.255 e. The fourth-order valence-electron chi connectivity index (χ4n) is 2.77. The van der Waals surface area contributed by atoms with Crippen molar-refractivity contribution in [3.05, 3.63) is 53.2 Å². The predicted octanol–water partition coefficient (Wildman–Crippen LogP) is 3.73. The molecule has 1 aliphatic heterocycles. The molecule has 1 saturated heterocycles. The Morgan fingerprint density at radius 1 is 1.29 bits per heavy atom. The minimum absolute atomic E-state index is 0.00212. The number of carbonyl (C=O) groups excluding carboxylic acids is 1. The molecule has 1 fully saturated rings. The highest BCUT2D eigenvalue weighted by Gasteiger charge is 2.24. The topological polar surface area (TPSA) is 54.5 Å². The molecule has 1 N–H and O–H groups in total. The molecule has 1 aliphatic rings. The lowest BCUT2D eigenvalue weighted by molar-refractivity contribution is 0.0268. The summed E-state index contributed by atoms with van der Waals surface area (Å²) in [5, 5.41) is 3.86. The van der Waals surface area contributed by atoms with Gasteiger partial charge in [0.2, 0.25) is 0 Å². The van der Waals surface area contributed by atoms with Gasteiger partial charge in [-0.2, -0.15) is 0 Å². The van der Waals surface area contributed by atoms with Crippen molar-refractivity contribution >= 4 is 29.0 Å². The van der Waals surface area contributed by atoms with Crippen LogP contribution >= 0.6 is 11.6 Å². The largest absolute Gasteiger partial charge is 0.380 e. The number of aromatic nitrogens is 1. The number of nitrogens with zero attached hydrogens (tertiary/aromatic N) is 2. The molecule has 6 heteroatoms. The van der Waals surface area contributed by atoms with Crippen molar-refractivity contribution in [2.45, 2.75) is 18.9 Å². The lowest BCUT2D eigenvalue weighted by atomic mass is 10.1. The summed E-state index contributed by atoms with van der Waals surface area (Å²) in [6.07, 6.45) is 3.70. The lowest BCUT2D eigenvalue weighted by Gasteiger charge is -2.31. The number of halogens is 1. The number of hydrogen-bond donors (Lipinski definition) is 1. The van der Waals surface area contributed by atoms with Gasteiger partial charge in [0.05, 0.1) is 11.7 Å². The van der Waals surface area contributed by atoms with Crippen molar-refractivity contribution in [1.29, 1.82) is 0 Å². The van der Waals surface area contributed by atoms with E-state index < -0.39 is 0 Å². The van der Waals surface area contributed by atoms with Gasteiger partial charge in [-0.15, -0.1) is 0 Å². The van der Waals surface area contributed by atoms with Gasteiger partial charge in [0.15, 0.2) is 0 Å². The van der Waals surface area contributed by atoms with Crippen LogP contribution in [-0.4, -0.2) is 42.1 Å². The number of carbonyl (C=O) groups is 1. The van der Waals surface area contributed by atoms with Gasteiger partial charge in [0.25, 0.3) is 5.91 Å². The van der Waals surface area contributed by atoms with Gasteiger partial charge in [-0.05, 0) is 49.2 Å². The first kappa shape index (κ1) is 16.7. The van der Waals surface area contributed by atoms with Crippen LogP contribution in [0.15, 0.2) is 42.6 Å². The molecule has 1 unspecified atom stereocenters. The number of piperidine rings is 1. The molecule has 0 aliphatic carbocycles. The summed E-state index contributed by atoms with van der Waals surface area (Å²) < 4.78 is 5.37. The molecule has 1 aromatic heterocycles. The molecule has 2 heterocycles. The number of benzene rings is 1. The zero-order valence-electron chi connectivity index (χ0n) is 13.5. The van der Waals surface area contributed by atoms with Gasteiger partial charge in [-0.1, -0.05) is 11.6 Å². The average Bonchev–Trinajstić information content (AvgIpc) is 2.64. The maximum Gasteiger partial charge on any atom is 0.255 e. The second-order valence-electron chi connectivity index (χ2n) is 5.82. The lowest BCUT2D eigenvalue weighted by Crippen LogP contribution is -2.42. The zero-order chi connectivity index (χ0) is 16.9. The highest BCUT2D eigenvalue weighted by Crippen LogP contribution is 2.19. The molecule has 0 radical (unpaired) electrons. The first-order valence-electron chi connectivity index (χ1n) is 7.96. The summed E-state index contributed by atoms with van der Waals surface area (Å²) in [4.78, 5) is 18.7. The predicted molar refractivity (Wildman–Crippen MR) is 94.9 cm³/mol. The summed E-state index contributed by atoms with van der Waals surface area (Å²) in [5.74, 6) is 0.685. The molecule has 5 nitrogen and oxygen atoms in total. The Morgan fingerprint density at radius 2 is 2.08 bits per heavy atom. The van der Waals surface area contributed by atoms with E-state index in [0.29, 0.717) is 22.9 Å². The summed E-state index contributed by atoms with van der Waals surface area (Å²) in [6.45, 7) is 1.41. The monoisotopic (exact) mass is 345 g/mol. The molecule has 24 heavy (non-hydrogen) atoms. The van der Waals surface area contributed by atoms with Crippen molar-refractivity contribution in [2.24, 2.45) is 0 Å². The molecular formula is C18H20ClN3O2. The Bertz CT molecular complexity index is 688. The second-order valence-corrected chi connectivity index (χ2v) is 6.25. The van der Waals surface area contributed by atoms with Crippen molar-refractivity contribution in [3.8, 4) is 0 Å². The van der Waals surface area contributed by atoms with Crippen LogP contribution in [0.25, 0.3) is 0 Å². The zero-order valence-corrected chi connectivity index (χ0v) is 14.3. The van der Waals surface area contributed by atoms with Crippen LogP contribution < -0.4 is 5.32 Å². The summed E-state index contributed by atoms with van der Waals surface area (Å²) in [7, 11) is 1.69. The molecule has 126 valence electrons. The minimum Gasteiger partial charge on any atom is -0.380 e. The van der Waals surface area contributed by atoms with Crippen molar-refractivity contribution in [2.75, 3.05) is 25.5 Å². The first-order chi connectivity index (χ1) is 11.7. The quantitative estimate of drug-likeness (QED) is 0.917. The number of likely N-dealkylation sites (tertiary alicyclic amines) is 1. The number of amides is 1. The SMILES string of the molecule is COC1CCCN(C(=O)c2ccc(Nc3ccc(Cl)cc3)nc2)C1. The van der Waals surface area contributed by atoms with Crippen LogP contribution in [0.4, 0.5) is 11.5 Å². The summed E-state index contributed by atoms with van der Waals surface area (Å²) >= 11 is 5.87. The van der Waals surface area contributed by atoms with E-state index in [-0.39, 0.29) is 12.0 Å². The number of ether oxygens (including phenoxy) is 1. The fourth-order valence-corrected chi connectivity index (χ4v) is 2.90. The Hall–Kier alpha value is -2.11. The number of anilines is 2. The van der Waals surface area contributed by atoms with E-state index in [9.17, 15) is 4.79 Å². The van der Waals surface area contributed by atoms with E-state index in [0.717, 1.165) is 25.1 Å². The number of pyridine rings is 1. The van der Waals surface area contributed by atoms with E-state index in [4.69, 9.17) is 16.3 Å². The maximum absolute atomic E-state index is 12.6. The van der Waals surface area contributed by atoms with Crippen LogP contribution in [0.3, 0.4) is 0 Å². The Balaban J connectivity index is 1.65. The van der Waals surface area contributed by atoms with Crippen LogP contribution in [0, 0.1) is 0 Å². The second kappa shape index (κ2) is 7.64. The highest BCUT2D eigenvalue weighted by atomic mass is 35.5. The Kier molecular flexibility index (Phi) is 5.33. The van der Waals surface area contributed by atoms with E-state index >= 15 is 0 Å². The van der Waals surface area contributed by atoms with Gasteiger partial charge in [-0.3, -0.25) is 4.79 Å². The minimum atomic E-state index is 0.00212. The third-order valence-electron chi connectivity index (χ3n) is 4.13. The summed E-state index contributed by atoms with van der Waals surface area (Å²) in [6, 6.07) is 11.0. The summed E-state index contributed by atoms with van der Waals surface area (Å²) in [5.41, 5.74) is 1.48. The maximum atomic E-state index is 12.6. The number of rotatable bonds is 4.